The molecule has 4 N–H and O–H groups in total. The van der Waals surface area contributed by atoms with Crippen LogP contribution in [-0.2, 0) is 9.59 Å². The molecular weight excluding hydrogens is 366 g/mol. The van der Waals surface area contributed by atoms with Crippen molar-refractivity contribution in [2.24, 2.45) is 11.7 Å². The number of carbonyl (C=O) groups excluding carboxylic acids is 2. The van der Waals surface area contributed by atoms with E-state index < -0.39 is 0 Å². The van der Waals surface area contributed by atoms with E-state index in [9.17, 15) is 9.59 Å². The maximum atomic E-state index is 12.6. The second-order valence-electron chi connectivity index (χ2n) is 7.56. The van der Waals surface area contributed by atoms with Crippen LogP contribution in [-0.4, -0.2) is 45.8 Å². The molecule has 0 unspecified atom stereocenters. The summed E-state index contributed by atoms with van der Waals surface area (Å²) in [5.41, 5.74) is 9.03. The van der Waals surface area contributed by atoms with E-state index in [1.54, 1.807) is 0 Å². The Balaban J connectivity index is 1.36. The van der Waals surface area contributed by atoms with Crippen LogP contribution in [0.5, 0.6) is 0 Å². The molecule has 4 rings (SSSR count). The number of piperidine rings is 1. The van der Waals surface area contributed by atoms with Crippen molar-refractivity contribution in [2.45, 2.75) is 25.8 Å². The third-order valence-electron chi connectivity index (χ3n) is 5.68. The summed E-state index contributed by atoms with van der Waals surface area (Å²) in [7, 11) is 0. The molecule has 2 heterocycles. The highest BCUT2D eigenvalue weighted by Crippen LogP contribution is 2.24. The van der Waals surface area contributed by atoms with E-state index in [0.717, 1.165) is 41.0 Å². The number of amides is 2. The van der Waals surface area contributed by atoms with E-state index >= 15 is 0 Å². The van der Waals surface area contributed by atoms with E-state index in [0.29, 0.717) is 13.1 Å². The van der Waals surface area contributed by atoms with Gasteiger partial charge in [0.25, 0.3) is 0 Å². The highest BCUT2D eigenvalue weighted by atomic mass is 16.2. The van der Waals surface area contributed by atoms with Crippen molar-refractivity contribution in [1.82, 2.24) is 14.9 Å². The number of imidazole rings is 1. The third kappa shape index (κ3) is 4.14. The van der Waals surface area contributed by atoms with Gasteiger partial charge >= 0.3 is 0 Å². The van der Waals surface area contributed by atoms with Crippen molar-refractivity contribution in [3.8, 4) is 11.4 Å². The molecule has 7 nitrogen and oxygen atoms in total. The molecule has 2 aromatic carbocycles. The van der Waals surface area contributed by atoms with Gasteiger partial charge in [0.2, 0.25) is 11.8 Å². The Morgan fingerprint density at radius 2 is 1.83 bits per heavy atom. The van der Waals surface area contributed by atoms with E-state index in [1.807, 2.05) is 60.4 Å². The third-order valence-corrected chi connectivity index (χ3v) is 5.68. The van der Waals surface area contributed by atoms with Gasteiger partial charge in [-0.2, -0.15) is 0 Å². The summed E-state index contributed by atoms with van der Waals surface area (Å²) in [5, 5.41) is 3.00. The van der Waals surface area contributed by atoms with Gasteiger partial charge in [-0.05, 0) is 69.3 Å². The lowest BCUT2D eigenvalue weighted by molar-refractivity contribution is -0.124. The zero-order valence-corrected chi connectivity index (χ0v) is 16.4. The predicted octanol–water partition coefficient (Wildman–Crippen LogP) is 2.75. The number of hydrogen-bond acceptors (Lipinski definition) is 4. The molecule has 150 valence electrons. The molecule has 1 aliphatic rings. The zero-order valence-electron chi connectivity index (χ0n) is 16.4. The van der Waals surface area contributed by atoms with Gasteiger partial charge < -0.3 is 16.0 Å². The van der Waals surface area contributed by atoms with Crippen LogP contribution in [0.4, 0.5) is 5.69 Å². The number of nitrogens with one attached hydrogen (secondary N) is 2. The van der Waals surface area contributed by atoms with Crippen LogP contribution in [0.2, 0.25) is 0 Å². The Morgan fingerprint density at radius 3 is 2.48 bits per heavy atom. The van der Waals surface area contributed by atoms with Crippen LogP contribution in [0.1, 0.15) is 19.8 Å². The first-order valence-electron chi connectivity index (χ1n) is 9.90. The summed E-state index contributed by atoms with van der Waals surface area (Å²) in [4.78, 5) is 33.9. The number of primary amides is 1. The van der Waals surface area contributed by atoms with Crippen LogP contribution >= 0.6 is 0 Å². The zero-order chi connectivity index (χ0) is 20.4. The van der Waals surface area contributed by atoms with Gasteiger partial charge in [-0.1, -0.05) is 12.1 Å². The lowest BCUT2D eigenvalue weighted by Gasteiger charge is -2.34. The number of fused-ring (bicyclic) bond motifs is 1. The predicted molar refractivity (Wildman–Crippen MR) is 113 cm³/mol. The van der Waals surface area contributed by atoms with Crippen LogP contribution < -0.4 is 11.1 Å². The van der Waals surface area contributed by atoms with Crippen molar-refractivity contribution >= 4 is 28.5 Å². The largest absolute Gasteiger partial charge is 0.368 e. The Morgan fingerprint density at radius 1 is 1.14 bits per heavy atom. The van der Waals surface area contributed by atoms with E-state index in [-0.39, 0.29) is 23.8 Å². The van der Waals surface area contributed by atoms with Crippen LogP contribution in [0.3, 0.4) is 0 Å². The molecule has 3 aromatic rings. The van der Waals surface area contributed by atoms with Gasteiger partial charge in [0.05, 0.1) is 17.1 Å². The molecule has 0 radical (unpaired) electrons. The normalized spacial score (nSPS) is 16.6. The Hall–Kier alpha value is -3.19. The Bertz CT molecular complexity index is 986. The number of benzene rings is 2. The van der Waals surface area contributed by atoms with Gasteiger partial charge in [0, 0.05) is 17.2 Å². The first kappa shape index (κ1) is 19.1. The van der Waals surface area contributed by atoms with Gasteiger partial charge in [0.1, 0.15) is 5.82 Å². The van der Waals surface area contributed by atoms with Crippen molar-refractivity contribution < 1.29 is 9.59 Å². The van der Waals surface area contributed by atoms with Gasteiger partial charge in [-0.15, -0.1) is 0 Å². The molecular formula is C22H25N5O2. The minimum Gasteiger partial charge on any atom is -0.368 e. The maximum absolute atomic E-state index is 12.6. The maximum Gasteiger partial charge on any atom is 0.234 e. The molecule has 1 saturated heterocycles. The standard InChI is InChI=1S/C22H25N5O2/c1-14(20(23)28)27-12-10-16(11-13-27)22(29)24-17-8-6-15(7-9-17)21-25-18-4-2-3-5-19(18)26-21/h2-9,14,16H,10-13H2,1H3,(H2,23,28)(H,24,29)(H,25,26)/t14-/m1/s1. The van der Waals surface area contributed by atoms with E-state index in [4.69, 9.17) is 5.73 Å². The summed E-state index contributed by atoms with van der Waals surface area (Å²) < 4.78 is 0. The summed E-state index contributed by atoms with van der Waals surface area (Å²) in [6.45, 7) is 3.21. The molecule has 1 fully saturated rings. The number of likely N-dealkylation sites (tertiary alicyclic amines) is 1. The highest BCUT2D eigenvalue weighted by Gasteiger charge is 2.28. The second-order valence-corrected chi connectivity index (χ2v) is 7.56. The molecule has 0 saturated carbocycles. The number of para-hydroxylation sites is 2. The lowest BCUT2D eigenvalue weighted by Crippen LogP contribution is -2.47. The first-order chi connectivity index (χ1) is 14.0. The quantitative estimate of drug-likeness (QED) is 0.622. The fraction of sp³-hybridized carbons (Fsp3) is 0.318. The molecule has 1 atom stereocenters. The molecule has 1 aliphatic heterocycles. The number of aromatic amines is 1. The second kappa shape index (κ2) is 8.05. The average Bonchev–Trinajstić information content (AvgIpc) is 3.18. The van der Waals surface area contributed by atoms with Crippen molar-refractivity contribution in [3.05, 3.63) is 48.5 Å². The smallest absolute Gasteiger partial charge is 0.234 e. The molecule has 29 heavy (non-hydrogen) atoms. The first-order valence-corrected chi connectivity index (χ1v) is 9.90. The van der Waals surface area contributed by atoms with E-state index in [1.165, 1.54) is 0 Å². The van der Waals surface area contributed by atoms with Gasteiger partial charge in [0.15, 0.2) is 0 Å². The van der Waals surface area contributed by atoms with Crippen LogP contribution in [0.25, 0.3) is 22.4 Å². The summed E-state index contributed by atoms with van der Waals surface area (Å²) in [6.07, 6.45) is 1.45. The molecule has 0 spiro atoms. The number of nitrogens with zero attached hydrogens (tertiary/aromatic N) is 2. The molecule has 2 amide bonds. The Labute approximate surface area is 169 Å². The Kier molecular flexibility index (Phi) is 5.31. The van der Waals surface area contributed by atoms with Crippen molar-refractivity contribution in [3.63, 3.8) is 0 Å². The van der Waals surface area contributed by atoms with E-state index in [2.05, 4.69) is 15.3 Å². The molecule has 7 heteroatoms. The monoisotopic (exact) mass is 391 g/mol. The van der Waals surface area contributed by atoms with Crippen molar-refractivity contribution in [1.29, 1.82) is 0 Å². The molecule has 1 aromatic heterocycles. The van der Waals surface area contributed by atoms with Crippen LogP contribution in [0, 0.1) is 5.92 Å². The number of carbonyl (C=O) groups is 2. The minimum absolute atomic E-state index is 0.0212. The SMILES string of the molecule is C[C@H](C(N)=O)N1CCC(C(=O)Nc2ccc(-c3nc4ccccc4[nH]3)cc2)CC1. The number of rotatable bonds is 5. The summed E-state index contributed by atoms with van der Waals surface area (Å²) >= 11 is 0. The number of anilines is 1. The lowest BCUT2D eigenvalue weighted by atomic mass is 9.95. The average molecular weight is 391 g/mol. The van der Waals surface area contributed by atoms with Crippen molar-refractivity contribution in [2.75, 3.05) is 18.4 Å². The molecule has 0 bridgehead atoms. The highest BCUT2D eigenvalue weighted by molar-refractivity contribution is 5.93. The van der Waals surface area contributed by atoms with Gasteiger partial charge in [-0.3, -0.25) is 14.5 Å². The molecule has 0 aliphatic carbocycles. The van der Waals surface area contributed by atoms with Crippen LogP contribution in [0.15, 0.2) is 48.5 Å². The number of aromatic nitrogens is 2. The summed E-state index contributed by atoms with van der Waals surface area (Å²) in [6, 6.07) is 15.3. The van der Waals surface area contributed by atoms with Gasteiger partial charge in [-0.25, -0.2) is 4.98 Å². The number of H-pyrrole nitrogens is 1. The summed E-state index contributed by atoms with van der Waals surface area (Å²) in [5.74, 6) is 0.451. The fourth-order valence-corrected chi connectivity index (χ4v) is 3.77. The fourth-order valence-electron chi connectivity index (χ4n) is 3.77. The number of hydrogen-bond donors (Lipinski definition) is 3. The topological polar surface area (TPSA) is 104 Å². The minimum atomic E-state index is -0.322. The number of nitrogens with two attached hydrogens (primary N) is 1.